The third-order valence-corrected chi connectivity index (χ3v) is 3.35. The van der Waals surface area contributed by atoms with Crippen LogP contribution in [-0.4, -0.2) is 30.2 Å². The number of hydrogen-bond acceptors (Lipinski definition) is 4. The van der Waals surface area contributed by atoms with Crippen molar-refractivity contribution in [2.45, 2.75) is 32.4 Å². The summed E-state index contributed by atoms with van der Waals surface area (Å²) in [6.45, 7) is 1.23. The number of nitrogens with two attached hydrogens (primary N) is 2. The summed E-state index contributed by atoms with van der Waals surface area (Å²) in [7, 11) is 0. The summed E-state index contributed by atoms with van der Waals surface area (Å²) in [6.07, 6.45) is -1.73. The molecule has 0 spiro atoms. The van der Waals surface area contributed by atoms with Crippen molar-refractivity contribution in [2.75, 3.05) is 18.4 Å². The van der Waals surface area contributed by atoms with Crippen molar-refractivity contribution in [3.05, 3.63) is 10.6 Å². The van der Waals surface area contributed by atoms with E-state index in [1.54, 1.807) is 0 Å². The Morgan fingerprint density at radius 1 is 1.32 bits per heavy atom. The average molecular weight is 382 g/mol. The molecule has 11 heteroatoms. The molecule has 0 aliphatic heterocycles. The van der Waals surface area contributed by atoms with E-state index in [0.717, 1.165) is 29.8 Å². The van der Waals surface area contributed by atoms with E-state index in [1.165, 1.54) is 11.3 Å². The Morgan fingerprint density at radius 2 is 1.95 bits per heavy atom. The molecule has 5 nitrogen and oxygen atoms in total. The Labute approximate surface area is 143 Å². The van der Waals surface area contributed by atoms with E-state index < -0.39 is 12.7 Å². The van der Waals surface area contributed by atoms with Crippen molar-refractivity contribution in [1.29, 1.82) is 0 Å². The van der Waals surface area contributed by atoms with Crippen molar-refractivity contribution in [2.24, 2.45) is 16.5 Å². The minimum Gasteiger partial charge on any atom is -0.370 e. The minimum absolute atomic E-state index is 0. The van der Waals surface area contributed by atoms with Crippen molar-refractivity contribution >= 4 is 47.2 Å². The molecule has 1 rings (SSSR count). The first kappa shape index (κ1) is 23.5. The molecule has 0 amide bonds. The van der Waals surface area contributed by atoms with Crippen LogP contribution >= 0.6 is 36.2 Å². The number of halogens is 5. The Morgan fingerprint density at radius 3 is 2.50 bits per heavy atom. The third-order valence-electron chi connectivity index (χ3n) is 2.42. The zero-order chi connectivity index (χ0) is 15.2. The molecule has 0 fully saturated rings. The summed E-state index contributed by atoms with van der Waals surface area (Å²) in [5.41, 5.74) is 11.7. The number of guanidine groups is 1. The number of unbranched alkanes of at least 4 members (excludes halogenated alkanes) is 1. The molecule has 0 aliphatic carbocycles. The van der Waals surface area contributed by atoms with Crippen molar-refractivity contribution in [1.82, 2.24) is 4.98 Å². The normalized spacial score (nSPS) is 11.6. The van der Waals surface area contributed by atoms with Crippen LogP contribution < -0.4 is 16.8 Å². The maximum Gasteiger partial charge on any atom is 0.408 e. The highest BCUT2D eigenvalue weighted by molar-refractivity contribution is 7.15. The lowest BCUT2D eigenvalue weighted by atomic mass is 10.2. The van der Waals surface area contributed by atoms with Crippen LogP contribution in [0.3, 0.4) is 0 Å². The van der Waals surface area contributed by atoms with Gasteiger partial charge in [-0.25, -0.2) is 9.98 Å². The Hall–Kier alpha value is -0.770. The lowest BCUT2D eigenvalue weighted by Gasteiger charge is -2.04. The standard InChI is InChI=1S/C11H18F3N5S.2ClH/c1-7-8(4-2-3-5-15)18-10(20-7)19-9(16)17-6-11(12,13)14;;/h2-6,15H2,1H3,(H3,16,17,18,19);2*1H. The number of hydrogen-bond donors (Lipinski definition) is 3. The first-order valence-electron chi connectivity index (χ1n) is 6.12. The van der Waals surface area contributed by atoms with E-state index in [2.05, 4.69) is 15.3 Å². The molecule has 0 aromatic carbocycles. The van der Waals surface area contributed by atoms with E-state index in [1.807, 2.05) is 6.92 Å². The fraction of sp³-hybridized carbons (Fsp3) is 0.636. The van der Waals surface area contributed by atoms with Gasteiger partial charge in [0, 0.05) is 4.88 Å². The number of aromatic nitrogens is 1. The first-order valence-corrected chi connectivity index (χ1v) is 6.93. The third kappa shape index (κ3) is 9.29. The van der Waals surface area contributed by atoms with E-state index in [-0.39, 0.29) is 30.8 Å². The molecule has 0 aliphatic rings. The van der Waals surface area contributed by atoms with E-state index >= 15 is 0 Å². The summed E-state index contributed by atoms with van der Waals surface area (Å²) < 4.78 is 35.9. The van der Waals surface area contributed by atoms with Crippen LogP contribution in [0.15, 0.2) is 4.99 Å². The topological polar surface area (TPSA) is 89.3 Å². The van der Waals surface area contributed by atoms with Gasteiger partial charge in [-0.1, -0.05) is 0 Å². The summed E-state index contributed by atoms with van der Waals surface area (Å²) >= 11 is 1.34. The van der Waals surface area contributed by atoms with Gasteiger partial charge in [0.1, 0.15) is 6.54 Å². The zero-order valence-corrected chi connectivity index (χ0v) is 14.4. The highest BCUT2D eigenvalue weighted by atomic mass is 35.5. The average Bonchev–Trinajstić information content (AvgIpc) is 2.67. The van der Waals surface area contributed by atoms with E-state index in [9.17, 15) is 13.2 Å². The predicted octanol–water partition coefficient (Wildman–Crippen LogP) is 2.87. The zero-order valence-electron chi connectivity index (χ0n) is 11.9. The molecular formula is C11H20Cl2F3N5S. The first-order chi connectivity index (χ1) is 9.31. The van der Waals surface area contributed by atoms with Gasteiger partial charge in [-0.3, -0.25) is 0 Å². The Balaban J connectivity index is 0. The lowest BCUT2D eigenvalue weighted by Crippen LogP contribution is -2.25. The quantitative estimate of drug-likeness (QED) is 0.401. The van der Waals surface area contributed by atoms with Gasteiger partial charge >= 0.3 is 6.18 Å². The second-order valence-electron chi connectivity index (χ2n) is 4.21. The molecular weight excluding hydrogens is 362 g/mol. The van der Waals surface area contributed by atoms with Gasteiger partial charge in [-0.15, -0.1) is 36.2 Å². The number of thiazole rings is 1. The number of anilines is 1. The van der Waals surface area contributed by atoms with Crippen molar-refractivity contribution < 1.29 is 13.2 Å². The molecule has 0 atom stereocenters. The number of aliphatic imine (C=N–C) groups is 1. The maximum atomic E-state index is 12.0. The van der Waals surface area contributed by atoms with Crippen LogP contribution in [0.25, 0.3) is 0 Å². The van der Waals surface area contributed by atoms with Gasteiger partial charge in [0.2, 0.25) is 0 Å². The van der Waals surface area contributed by atoms with Gasteiger partial charge in [0.25, 0.3) is 0 Å². The van der Waals surface area contributed by atoms with E-state index in [0.29, 0.717) is 11.7 Å². The van der Waals surface area contributed by atoms with E-state index in [4.69, 9.17) is 11.5 Å². The molecule has 22 heavy (non-hydrogen) atoms. The second kappa shape index (κ2) is 10.9. The molecule has 1 aromatic heterocycles. The van der Waals surface area contributed by atoms with Crippen LogP contribution in [0.1, 0.15) is 23.4 Å². The number of nitrogens with one attached hydrogen (secondary N) is 1. The number of nitrogens with zero attached hydrogens (tertiary/aromatic N) is 2. The van der Waals surface area contributed by atoms with Crippen LogP contribution in [0.2, 0.25) is 0 Å². The SMILES string of the molecule is Cc1sc(N/C(N)=N\CC(F)(F)F)nc1CCCCN.Cl.Cl. The lowest BCUT2D eigenvalue weighted by molar-refractivity contribution is -0.118. The van der Waals surface area contributed by atoms with Gasteiger partial charge in [-0.05, 0) is 32.7 Å². The molecule has 1 heterocycles. The van der Waals surface area contributed by atoms with Crippen LogP contribution in [0.4, 0.5) is 18.3 Å². The highest BCUT2D eigenvalue weighted by Gasteiger charge is 2.26. The predicted molar refractivity (Wildman–Crippen MR) is 89.5 cm³/mol. The van der Waals surface area contributed by atoms with Gasteiger partial charge < -0.3 is 16.8 Å². The molecule has 130 valence electrons. The second-order valence-corrected chi connectivity index (χ2v) is 5.41. The molecule has 0 radical (unpaired) electrons. The number of alkyl halides is 3. The summed E-state index contributed by atoms with van der Waals surface area (Å²) in [5, 5.41) is 3.03. The fourth-order valence-corrected chi connectivity index (χ4v) is 2.34. The molecule has 0 unspecified atom stereocenters. The van der Waals surface area contributed by atoms with Crippen LogP contribution in [0.5, 0.6) is 0 Å². The maximum absolute atomic E-state index is 12.0. The largest absolute Gasteiger partial charge is 0.408 e. The summed E-state index contributed by atoms with van der Waals surface area (Å²) in [6, 6.07) is 0. The van der Waals surface area contributed by atoms with Crippen LogP contribution in [-0.2, 0) is 6.42 Å². The molecule has 0 saturated heterocycles. The van der Waals surface area contributed by atoms with Crippen molar-refractivity contribution in [3.63, 3.8) is 0 Å². The Bertz CT molecular complexity index is 465. The molecule has 0 saturated carbocycles. The van der Waals surface area contributed by atoms with Gasteiger partial charge in [0.05, 0.1) is 5.69 Å². The van der Waals surface area contributed by atoms with Gasteiger partial charge in [-0.2, -0.15) is 13.2 Å². The molecule has 0 bridgehead atoms. The fourth-order valence-electron chi connectivity index (χ4n) is 1.47. The minimum atomic E-state index is -4.36. The van der Waals surface area contributed by atoms with Crippen molar-refractivity contribution in [3.8, 4) is 0 Å². The number of rotatable bonds is 6. The molecule has 1 aromatic rings. The monoisotopic (exact) mass is 381 g/mol. The smallest absolute Gasteiger partial charge is 0.370 e. The molecule has 5 N–H and O–H groups in total. The Kier molecular flexibility index (Phi) is 11.6. The number of aryl methyl sites for hydroxylation is 2. The highest BCUT2D eigenvalue weighted by Crippen LogP contribution is 2.23. The van der Waals surface area contributed by atoms with Gasteiger partial charge in [0.15, 0.2) is 11.1 Å². The summed E-state index contributed by atoms with van der Waals surface area (Å²) in [4.78, 5) is 8.51. The summed E-state index contributed by atoms with van der Waals surface area (Å²) in [5.74, 6) is -0.287. The van der Waals surface area contributed by atoms with Crippen LogP contribution in [0, 0.1) is 6.92 Å².